The van der Waals surface area contributed by atoms with Crippen LogP contribution in [0.5, 0.6) is 5.75 Å². The van der Waals surface area contributed by atoms with Gasteiger partial charge in [-0.2, -0.15) is 11.8 Å². The number of carbonyl (C=O) groups is 4. The van der Waals surface area contributed by atoms with Crippen LogP contribution in [-0.4, -0.2) is 94.3 Å². The Bertz CT molecular complexity index is 958. The molecule has 1 aromatic rings. The number of rotatable bonds is 17. The molecule has 0 fully saturated rings. The lowest BCUT2D eigenvalue weighted by Crippen LogP contribution is -2.58. The average molecular weight is 556 g/mol. The summed E-state index contributed by atoms with van der Waals surface area (Å²) in [6.07, 6.45) is 2.55. The van der Waals surface area contributed by atoms with E-state index in [0.717, 1.165) is 0 Å². The van der Waals surface area contributed by atoms with Gasteiger partial charge in [0.05, 0.1) is 12.6 Å². The average Bonchev–Trinajstić information content (AvgIpc) is 2.87. The van der Waals surface area contributed by atoms with E-state index in [9.17, 15) is 29.4 Å². The molecule has 0 spiro atoms. The van der Waals surface area contributed by atoms with Gasteiger partial charge >= 0.3 is 5.97 Å². The molecule has 0 aromatic heterocycles. The molecule has 0 saturated carbocycles. The summed E-state index contributed by atoms with van der Waals surface area (Å²) >= 11 is 1.52. The third-order valence-corrected chi connectivity index (χ3v) is 6.00. The SMILES string of the molecule is CSCCC(N)C(=O)NC(Cc1ccc(O)cc1)C(=O)NC(CCCN=C(N)N)C(=O)NC(CO)C(=O)O. The van der Waals surface area contributed by atoms with Crippen molar-refractivity contribution in [1.29, 1.82) is 0 Å². The fourth-order valence-electron chi connectivity index (χ4n) is 3.23. The number of aliphatic imine (C=N–C) groups is 1. The molecule has 15 heteroatoms. The fraction of sp³-hybridized carbons (Fsp3) is 0.522. The van der Waals surface area contributed by atoms with Crippen molar-refractivity contribution in [3.05, 3.63) is 29.8 Å². The Morgan fingerprint density at radius 1 is 0.947 bits per heavy atom. The van der Waals surface area contributed by atoms with Crippen LogP contribution in [0.4, 0.5) is 0 Å². The number of amides is 3. The number of benzene rings is 1. The van der Waals surface area contributed by atoms with E-state index in [-0.39, 0.29) is 37.5 Å². The highest BCUT2D eigenvalue weighted by Crippen LogP contribution is 2.12. The van der Waals surface area contributed by atoms with E-state index in [1.54, 1.807) is 12.1 Å². The van der Waals surface area contributed by atoms with Crippen LogP contribution in [0.15, 0.2) is 29.3 Å². The van der Waals surface area contributed by atoms with Crippen molar-refractivity contribution >= 4 is 41.4 Å². The number of nitrogens with one attached hydrogen (secondary N) is 3. The first-order valence-electron chi connectivity index (χ1n) is 11.8. The molecule has 0 radical (unpaired) electrons. The van der Waals surface area contributed by atoms with E-state index >= 15 is 0 Å². The van der Waals surface area contributed by atoms with Gasteiger partial charge in [0.2, 0.25) is 17.7 Å². The van der Waals surface area contributed by atoms with Crippen LogP contribution in [0.3, 0.4) is 0 Å². The minimum atomic E-state index is -1.58. The number of aromatic hydroxyl groups is 1. The number of aliphatic hydroxyl groups excluding tert-OH is 1. The summed E-state index contributed by atoms with van der Waals surface area (Å²) in [6.45, 7) is -0.717. The monoisotopic (exact) mass is 555 g/mol. The van der Waals surface area contributed by atoms with Crippen molar-refractivity contribution in [2.75, 3.05) is 25.2 Å². The Morgan fingerprint density at radius 2 is 1.53 bits per heavy atom. The maximum atomic E-state index is 13.3. The number of aliphatic carboxylic acids is 1. The minimum Gasteiger partial charge on any atom is -0.508 e. The second-order valence-electron chi connectivity index (χ2n) is 8.41. The lowest BCUT2D eigenvalue weighted by atomic mass is 10.0. The molecule has 3 amide bonds. The summed E-state index contributed by atoms with van der Waals surface area (Å²) in [7, 11) is 0. The van der Waals surface area contributed by atoms with Crippen LogP contribution >= 0.6 is 11.8 Å². The molecular formula is C23H37N7O7S. The predicted molar refractivity (Wildman–Crippen MR) is 143 cm³/mol. The van der Waals surface area contributed by atoms with Gasteiger partial charge in [-0.3, -0.25) is 19.4 Å². The molecule has 12 N–H and O–H groups in total. The fourth-order valence-corrected chi connectivity index (χ4v) is 3.72. The van der Waals surface area contributed by atoms with Crippen molar-refractivity contribution in [1.82, 2.24) is 16.0 Å². The summed E-state index contributed by atoms with van der Waals surface area (Å²) in [5.41, 5.74) is 17.2. The van der Waals surface area contributed by atoms with Gasteiger partial charge < -0.3 is 48.5 Å². The number of carbonyl (C=O) groups excluding carboxylic acids is 3. The second-order valence-corrected chi connectivity index (χ2v) is 9.40. The minimum absolute atomic E-state index is 0.0177. The van der Waals surface area contributed by atoms with Gasteiger partial charge in [-0.05, 0) is 49.0 Å². The van der Waals surface area contributed by atoms with Gasteiger partial charge in [0.15, 0.2) is 5.96 Å². The molecule has 0 aliphatic rings. The molecule has 0 heterocycles. The smallest absolute Gasteiger partial charge is 0.328 e. The molecule has 38 heavy (non-hydrogen) atoms. The molecular weight excluding hydrogens is 518 g/mol. The van der Waals surface area contributed by atoms with Crippen molar-refractivity contribution in [3.8, 4) is 5.75 Å². The lowest BCUT2D eigenvalue weighted by Gasteiger charge is -2.25. The predicted octanol–water partition coefficient (Wildman–Crippen LogP) is -2.40. The number of nitrogens with zero attached hydrogens (tertiary/aromatic N) is 1. The van der Waals surface area contributed by atoms with Crippen LogP contribution in [-0.2, 0) is 25.6 Å². The van der Waals surface area contributed by atoms with E-state index in [1.807, 2.05) is 6.26 Å². The zero-order chi connectivity index (χ0) is 28.7. The van der Waals surface area contributed by atoms with Gasteiger partial charge in [-0.1, -0.05) is 12.1 Å². The topological polar surface area (TPSA) is 255 Å². The number of thioether (sulfide) groups is 1. The zero-order valence-electron chi connectivity index (χ0n) is 21.1. The van der Waals surface area contributed by atoms with Crippen molar-refractivity contribution in [2.45, 2.75) is 49.9 Å². The highest BCUT2D eigenvalue weighted by atomic mass is 32.2. The van der Waals surface area contributed by atoms with Crippen LogP contribution in [0.25, 0.3) is 0 Å². The first-order valence-corrected chi connectivity index (χ1v) is 13.2. The van der Waals surface area contributed by atoms with Gasteiger partial charge in [0, 0.05) is 13.0 Å². The number of hydrogen-bond donors (Lipinski definition) is 9. The van der Waals surface area contributed by atoms with Crippen LogP contribution in [0.2, 0.25) is 0 Å². The molecule has 4 atom stereocenters. The molecule has 0 saturated heterocycles. The lowest BCUT2D eigenvalue weighted by molar-refractivity contribution is -0.143. The second kappa shape index (κ2) is 17.0. The number of guanidine groups is 1. The summed E-state index contributed by atoms with van der Waals surface area (Å²) in [4.78, 5) is 53.9. The van der Waals surface area contributed by atoms with E-state index in [1.165, 1.54) is 23.9 Å². The molecule has 212 valence electrons. The number of carboxylic acid groups (broad SMARTS) is 1. The van der Waals surface area contributed by atoms with E-state index in [2.05, 4.69) is 20.9 Å². The zero-order valence-corrected chi connectivity index (χ0v) is 21.9. The molecule has 14 nitrogen and oxygen atoms in total. The van der Waals surface area contributed by atoms with Gasteiger partial charge in [0.25, 0.3) is 0 Å². The first-order chi connectivity index (χ1) is 18.0. The van der Waals surface area contributed by atoms with E-state index < -0.39 is 54.5 Å². The number of carboxylic acids is 1. The summed E-state index contributed by atoms with van der Waals surface area (Å²) < 4.78 is 0. The third kappa shape index (κ3) is 12.1. The number of aliphatic hydroxyl groups is 1. The van der Waals surface area contributed by atoms with E-state index in [4.69, 9.17) is 22.3 Å². The van der Waals surface area contributed by atoms with Crippen LogP contribution in [0.1, 0.15) is 24.8 Å². The van der Waals surface area contributed by atoms with Crippen LogP contribution < -0.4 is 33.2 Å². The highest BCUT2D eigenvalue weighted by Gasteiger charge is 2.30. The Morgan fingerprint density at radius 3 is 2.08 bits per heavy atom. The van der Waals surface area contributed by atoms with Gasteiger partial charge in [0.1, 0.15) is 23.9 Å². The first kappa shape index (κ1) is 32.5. The Hall–Kier alpha value is -3.56. The number of nitrogens with two attached hydrogens (primary N) is 3. The van der Waals surface area contributed by atoms with E-state index in [0.29, 0.717) is 17.7 Å². The molecule has 1 aromatic carbocycles. The molecule has 0 aliphatic carbocycles. The maximum Gasteiger partial charge on any atom is 0.328 e. The van der Waals surface area contributed by atoms with Crippen LogP contribution in [0, 0.1) is 0 Å². The van der Waals surface area contributed by atoms with Crippen molar-refractivity contribution < 1.29 is 34.5 Å². The molecule has 4 unspecified atom stereocenters. The Labute approximate surface area is 224 Å². The molecule has 0 bridgehead atoms. The summed E-state index contributed by atoms with van der Waals surface area (Å²) in [6, 6.07) is 1.19. The highest BCUT2D eigenvalue weighted by molar-refractivity contribution is 7.98. The van der Waals surface area contributed by atoms with Crippen molar-refractivity contribution in [2.24, 2.45) is 22.2 Å². The maximum absolute atomic E-state index is 13.3. The van der Waals surface area contributed by atoms with Gasteiger partial charge in [-0.25, -0.2) is 4.79 Å². The van der Waals surface area contributed by atoms with Gasteiger partial charge in [-0.15, -0.1) is 0 Å². The Balaban J connectivity index is 3.12. The number of phenolic OH excluding ortho intramolecular Hbond substituents is 1. The molecule has 0 aliphatic heterocycles. The summed E-state index contributed by atoms with van der Waals surface area (Å²) in [5.74, 6) is -3.09. The Kier molecular flexibility index (Phi) is 14.6. The summed E-state index contributed by atoms with van der Waals surface area (Å²) in [5, 5.41) is 35.3. The third-order valence-electron chi connectivity index (χ3n) is 5.35. The molecule has 1 rings (SSSR count). The normalized spacial score (nSPS) is 13.9. The van der Waals surface area contributed by atoms with Crippen molar-refractivity contribution in [3.63, 3.8) is 0 Å². The largest absolute Gasteiger partial charge is 0.508 e. The number of phenols is 1. The number of hydrogen-bond acceptors (Lipinski definition) is 9. The quantitative estimate of drug-likeness (QED) is 0.0556. The standard InChI is InChI=1S/C23H37N7O7S/c1-38-10-8-15(24)19(33)29-17(11-13-4-6-14(32)7-5-13)21(35)28-16(3-2-9-27-23(25)26)20(34)30-18(12-31)22(36)37/h4-7,15-18,31-32H,2-3,8-12,24H2,1H3,(H,28,35)(H,29,33)(H,30,34)(H,36,37)(H4,25,26,27).